The predicted octanol–water partition coefficient (Wildman–Crippen LogP) is 3.32. The van der Waals surface area contributed by atoms with Gasteiger partial charge in [0.1, 0.15) is 0 Å². The number of quaternary nitrogens is 1. The van der Waals surface area contributed by atoms with Crippen LogP contribution in [0.2, 0.25) is 0 Å². The highest BCUT2D eigenvalue weighted by atomic mass is 16.4. The molecular weight excluding hydrogens is 294 g/mol. The summed E-state index contributed by atoms with van der Waals surface area (Å²) in [6.07, 6.45) is 11.8. The Morgan fingerprint density at radius 1 is 0.783 bits per heavy atom. The van der Waals surface area contributed by atoms with Crippen molar-refractivity contribution >= 4 is 5.97 Å². The Balaban J connectivity index is 0. The number of unbranched alkanes of at least 4 members (excludes halogenated alkanes) is 9. The molecule has 140 valence electrons. The van der Waals surface area contributed by atoms with Crippen LogP contribution < -0.4 is 11.3 Å². The van der Waals surface area contributed by atoms with Gasteiger partial charge >= 0.3 is 0 Å². The maximum absolute atomic E-state index is 10.2. The minimum absolute atomic E-state index is 0. The third kappa shape index (κ3) is 17.5. The van der Waals surface area contributed by atoms with Crippen molar-refractivity contribution in [2.24, 2.45) is 0 Å². The molecule has 0 bridgehead atoms. The van der Waals surface area contributed by atoms with E-state index in [-0.39, 0.29) is 12.6 Å². The van der Waals surface area contributed by atoms with Crippen molar-refractivity contribution in [2.45, 2.75) is 109 Å². The molecule has 0 aromatic heterocycles. The van der Waals surface area contributed by atoms with Crippen molar-refractivity contribution < 1.29 is 20.1 Å². The van der Waals surface area contributed by atoms with Gasteiger partial charge in [0.15, 0.2) is 0 Å². The summed E-state index contributed by atoms with van der Waals surface area (Å²) in [7, 11) is 0. The smallest absolute Gasteiger partial charge is 0.0799 e. The molecule has 2 atom stereocenters. The molecule has 0 aliphatic heterocycles. The molecule has 5 nitrogen and oxygen atoms in total. The molecule has 0 aromatic carbocycles. The van der Waals surface area contributed by atoms with Gasteiger partial charge in [-0.3, -0.25) is 0 Å². The second kappa shape index (κ2) is 17.7. The Morgan fingerprint density at radius 2 is 1.17 bits per heavy atom. The summed E-state index contributed by atoms with van der Waals surface area (Å²) in [5.74, 6) is -0.978. The number of carbonyl (C=O) groups is 1. The van der Waals surface area contributed by atoms with Gasteiger partial charge in [-0.1, -0.05) is 71.1 Å². The van der Waals surface area contributed by atoms with Gasteiger partial charge in [-0.15, -0.1) is 0 Å². The number of carbonyl (C=O) groups excluding carboxylic acids is 1. The fourth-order valence-electron chi connectivity index (χ4n) is 2.67. The Kier molecular flexibility index (Phi) is 18.9. The fraction of sp³-hybridized carbons (Fsp3) is 0.944. The molecule has 0 fully saturated rings. The molecule has 0 spiro atoms. The van der Waals surface area contributed by atoms with Crippen molar-refractivity contribution in [1.82, 2.24) is 6.15 Å². The van der Waals surface area contributed by atoms with Crippen LogP contribution in [0.15, 0.2) is 0 Å². The van der Waals surface area contributed by atoms with Gasteiger partial charge in [-0.05, 0) is 25.7 Å². The lowest BCUT2D eigenvalue weighted by atomic mass is 9.99. The molecule has 0 unspecified atom stereocenters. The van der Waals surface area contributed by atoms with Crippen molar-refractivity contribution in [2.75, 3.05) is 0 Å². The zero-order chi connectivity index (χ0) is 16.6. The number of aliphatic hydroxyl groups is 2. The number of carboxylic acids is 1. The number of hydrogen-bond donors (Lipinski definition) is 3. The van der Waals surface area contributed by atoms with Gasteiger partial charge in [0.25, 0.3) is 0 Å². The van der Waals surface area contributed by atoms with E-state index in [0.29, 0.717) is 19.3 Å². The van der Waals surface area contributed by atoms with E-state index >= 15 is 0 Å². The van der Waals surface area contributed by atoms with Crippen LogP contribution in [0.3, 0.4) is 0 Å². The van der Waals surface area contributed by atoms with E-state index in [2.05, 4.69) is 6.92 Å². The topological polar surface area (TPSA) is 117 Å². The first-order valence-electron chi connectivity index (χ1n) is 9.14. The summed E-state index contributed by atoms with van der Waals surface area (Å²) in [6, 6.07) is 0. The molecule has 0 radical (unpaired) electrons. The minimum atomic E-state index is -0.978. The molecule has 0 amide bonds. The standard InChI is InChI=1S/C18H36O4.H3N/c1-2-3-4-5-7-10-13-16(19)17(20)14-11-8-6-9-12-15-18(21)22;/h16-17,19-20H,2-15H2,1H3,(H,21,22);1H3/t16-,17+;/m1./s1. The SMILES string of the molecule is CCCCCCCC[C@@H](O)[C@@H](O)CCCCCCCC(=O)[O-].[NH4+]. The summed E-state index contributed by atoms with van der Waals surface area (Å²) < 4.78 is 0. The van der Waals surface area contributed by atoms with Crippen LogP contribution >= 0.6 is 0 Å². The maximum atomic E-state index is 10.2. The van der Waals surface area contributed by atoms with Gasteiger partial charge in [0.05, 0.1) is 12.2 Å². The first-order chi connectivity index (χ1) is 10.6. The molecule has 0 aromatic rings. The van der Waals surface area contributed by atoms with Crippen LogP contribution in [0.5, 0.6) is 0 Å². The summed E-state index contributed by atoms with van der Waals surface area (Å²) in [5, 5.41) is 30.0. The van der Waals surface area contributed by atoms with Gasteiger partial charge in [0, 0.05) is 5.97 Å². The molecule has 0 saturated heterocycles. The zero-order valence-corrected chi connectivity index (χ0v) is 15.3. The van der Waals surface area contributed by atoms with E-state index in [1.54, 1.807) is 0 Å². The zero-order valence-electron chi connectivity index (χ0n) is 15.3. The van der Waals surface area contributed by atoms with Crippen molar-refractivity contribution in [3.8, 4) is 0 Å². The molecule has 0 saturated carbocycles. The molecule has 5 heteroatoms. The predicted molar refractivity (Wildman–Crippen MR) is 93.3 cm³/mol. The number of aliphatic hydroxyl groups excluding tert-OH is 2. The van der Waals surface area contributed by atoms with Gasteiger partial charge in [0.2, 0.25) is 0 Å². The highest BCUT2D eigenvalue weighted by Gasteiger charge is 2.14. The van der Waals surface area contributed by atoms with Crippen molar-refractivity contribution in [1.29, 1.82) is 0 Å². The van der Waals surface area contributed by atoms with E-state index in [9.17, 15) is 20.1 Å². The highest BCUT2D eigenvalue weighted by molar-refractivity contribution is 5.63. The molecular formula is C18H39NO4. The largest absolute Gasteiger partial charge is 0.550 e. The third-order valence-corrected chi connectivity index (χ3v) is 4.18. The number of aliphatic carboxylic acids is 1. The average Bonchev–Trinajstić information content (AvgIpc) is 2.49. The first kappa shape index (κ1) is 24.6. The quantitative estimate of drug-likeness (QED) is 0.375. The summed E-state index contributed by atoms with van der Waals surface area (Å²) in [6.45, 7) is 2.20. The molecule has 0 rings (SSSR count). The summed E-state index contributed by atoms with van der Waals surface area (Å²) in [5.41, 5.74) is 0. The first-order valence-corrected chi connectivity index (χ1v) is 9.14. The second-order valence-electron chi connectivity index (χ2n) is 6.37. The molecule has 0 aliphatic rings. The number of rotatable bonds is 16. The molecule has 0 aliphatic carbocycles. The van der Waals surface area contributed by atoms with E-state index in [1.165, 1.54) is 25.7 Å². The molecule has 0 heterocycles. The van der Waals surface area contributed by atoms with E-state index in [1.807, 2.05) is 0 Å². The van der Waals surface area contributed by atoms with Crippen LogP contribution in [0.4, 0.5) is 0 Å². The van der Waals surface area contributed by atoms with Crippen molar-refractivity contribution in [3.05, 3.63) is 0 Å². The fourth-order valence-corrected chi connectivity index (χ4v) is 2.67. The lowest BCUT2D eigenvalue weighted by Crippen LogP contribution is -2.25. The minimum Gasteiger partial charge on any atom is -0.550 e. The Labute approximate surface area is 142 Å². The molecule has 6 N–H and O–H groups in total. The molecule has 23 heavy (non-hydrogen) atoms. The van der Waals surface area contributed by atoms with E-state index in [0.717, 1.165) is 38.5 Å². The van der Waals surface area contributed by atoms with Crippen molar-refractivity contribution in [3.63, 3.8) is 0 Å². The van der Waals surface area contributed by atoms with Gasteiger partial charge in [-0.25, -0.2) is 0 Å². The van der Waals surface area contributed by atoms with E-state index in [4.69, 9.17) is 0 Å². The monoisotopic (exact) mass is 333 g/mol. The lowest BCUT2D eigenvalue weighted by molar-refractivity contribution is -0.305. The Hall–Kier alpha value is -0.650. The summed E-state index contributed by atoms with van der Waals surface area (Å²) in [4.78, 5) is 10.2. The van der Waals surface area contributed by atoms with Crippen LogP contribution in [0, 0.1) is 0 Å². The normalized spacial score (nSPS) is 13.3. The Morgan fingerprint density at radius 3 is 1.61 bits per heavy atom. The van der Waals surface area contributed by atoms with Gasteiger partial charge < -0.3 is 26.3 Å². The Bertz CT molecular complexity index is 261. The van der Waals surface area contributed by atoms with Crippen LogP contribution in [0.25, 0.3) is 0 Å². The third-order valence-electron chi connectivity index (χ3n) is 4.18. The van der Waals surface area contributed by atoms with Crippen LogP contribution in [-0.4, -0.2) is 28.4 Å². The second-order valence-corrected chi connectivity index (χ2v) is 6.37. The average molecular weight is 334 g/mol. The summed E-state index contributed by atoms with van der Waals surface area (Å²) >= 11 is 0. The van der Waals surface area contributed by atoms with Crippen LogP contribution in [-0.2, 0) is 4.79 Å². The lowest BCUT2D eigenvalue weighted by Gasteiger charge is -2.17. The van der Waals surface area contributed by atoms with Crippen LogP contribution in [0.1, 0.15) is 96.8 Å². The maximum Gasteiger partial charge on any atom is 0.0799 e. The number of carboxylic acid groups (broad SMARTS) is 1. The number of hydrogen-bond acceptors (Lipinski definition) is 4. The van der Waals surface area contributed by atoms with Gasteiger partial charge in [-0.2, -0.15) is 0 Å². The highest BCUT2D eigenvalue weighted by Crippen LogP contribution is 2.15. The van der Waals surface area contributed by atoms with E-state index < -0.39 is 18.2 Å².